The first kappa shape index (κ1) is 18.6. The van der Waals surface area contributed by atoms with E-state index in [0.29, 0.717) is 5.57 Å². The predicted molar refractivity (Wildman–Crippen MR) is 86.8 cm³/mol. The smallest absolute Gasteiger partial charge is 0.335 e. The Kier molecular flexibility index (Phi) is 8.10. The van der Waals surface area contributed by atoms with E-state index in [0.717, 1.165) is 5.56 Å². The number of hydrogen-bond acceptors (Lipinski definition) is 5. The lowest BCUT2D eigenvalue weighted by molar-refractivity contribution is -0.137. The molecule has 0 aliphatic heterocycles. The Morgan fingerprint density at radius 3 is 2.14 bits per heavy atom. The summed E-state index contributed by atoms with van der Waals surface area (Å²) >= 11 is 0. The molecule has 0 amide bonds. The summed E-state index contributed by atoms with van der Waals surface area (Å²) < 4.78 is 28.2. The third kappa shape index (κ3) is 6.14. The summed E-state index contributed by atoms with van der Waals surface area (Å²) in [5, 5.41) is 0. The van der Waals surface area contributed by atoms with Crippen molar-refractivity contribution in [2.24, 2.45) is 0 Å². The zero-order valence-corrected chi connectivity index (χ0v) is 14.2. The van der Waals surface area contributed by atoms with Crippen LogP contribution in [-0.4, -0.2) is 32.0 Å². The van der Waals surface area contributed by atoms with Crippen molar-refractivity contribution in [1.82, 2.24) is 0 Å². The first-order valence-corrected chi connectivity index (χ1v) is 9.08. The summed E-state index contributed by atoms with van der Waals surface area (Å²) in [6, 6.07) is 9.25. The monoisotopic (exact) mass is 326 g/mol. The van der Waals surface area contributed by atoms with Crippen LogP contribution in [0.15, 0.2) is 36.4 Å². The molecule has 1 rings (SSSR count). The average Bonchev–Trinajstić information content (AvgIpc) is 2.48. The van der Waals surface area contributed by atoms with E-state index in [2.05, 4.69) is 0 Å². The summed E-state index contributed by atoms with van der Waals surface area (Å²) in [7, 11) is -3.29. The minimum Gasteiger partial charge on any atom is -0.463 e. The van der Waals surface area contributed by atoms with Crippen LogP contribution in [0.25, 0.3) is 5.57 Å². The molecule has 5 nitrogen and oxygen atoms in total. The van der Waals surface area contributed by atoms with Crippen molar-refractivity contribution in [1.29, 1.82) is 0 Å². The van der Waals surface area contributed by atoms with Gasteiger partial charge >= 0.3 is 13.6 Å². The minimum atomic E-state index is -3.29. The van der Waals surface area contributed by atoms with E-state index in [-0.39, 0.29) is 26.0 Å². The quantitative estimate of drug-likeness (QED) is 0.391. The lowest BCUT2D eigenvalue weighted by Crippen LogP contribution is -2.06. The highest BCUT2D eigenvalue weighted by molar-refractivity contribution is 7.54. The van der Waals surface area contributed by atoms with Crippen LogP contribution in [0.2, 0.25) is 0 Å². The van der Waals surface area contributed by atoms with Crippen molar-refractivity contribution in [3.05, 3.63) is 42.0 Å². The van der Waals surface area contributed by atoms with E-state index in [1.807, 2.05) is 30.3 Å². The van der Waals surface area contributed by atoms with Crippen LogP contribution in [-0.2, 0) is 23.1 Å². The Hall–Kier alpha value is -1.42. The molecule has 0 bridgehead atoms. The van der Waals surface area contributed by atoms with Crippen LogP contribution >= 0.6 is 7.60 Å². The molecule has 0 heterocycles. The van der Waals surface area contributed by atoms with Gasteiger partial charge in [-0.25, -0.2) is 4.79 Å². The number of ether oxygens (including phenoxy) is 1. The van der Waals surface area contributed by atoms with Crippen molar-refractivity contribution >= 4 is 19.1 Å². The van der Waals surface area contributed by atoms with Crippen LogP contribution in [0.1, 0.15) is 26.3 Å². The second kappa shape index (κ2) is 9.57. The lowest BCUT2D eigenvalue weighted by Gasteiger charge is -2.18. The van der Waals surface area contributed by atoms with Gasteiger partial charge in [0.05, 0.1) is 26.0 Å². The number of carbonyl (C=O) groups excluding carboxylic acids is 1. The molecule has 1 aromatic carbocycles. The topological polar surface area (TPSA) is 61.8 Å². The van der Waals surface area contributed by atoms with Gasteiger partial charge in [-0.15, -0.1) is 0 Å². The molecule has 0 atom stereocenters. The van der Waals surface area contributed by atoms with Crippen molar-refractivity contribution in [2.45, 2.75) is 20.8 Å². The highest BCUT2D eigenvalue weighted by Gasteiger charge is 2.26. The second-order valence-electron chi connectivity index (χ2n) is 4.39. The third-order valence-corrected chi connectivity index (χ3v) is 4.77. The molecule has 0 saturated heterocycles. The third-order valence-electron chi connectivity index (χ3n) is 2.74. The zero-order chi connectivity index (χ0) is 16.4. The maximum absolute atomic E-state index is 12.7. The molecule has 22 heavy (non-hydrogen) atoms. The van der Waals surface area contributed by atoms with Crippen LogP contribution in [0.5, 0.6) is 0 Å². The summed E-state index contributed by atoms with van der Waals surface area (Å²) in [6.07, 6.45) is 1.38. The van der Waals surface area contributed by atoms with E-state index in [9.17, 15) is 9.36 Å². The highest BCUT2D eigenvalue weighted by atomic mass is 31.2. The molecule has 0 fully saturated rings. The zero-order valence-electron chi connectivity index (χ0n) is 13.3. The Bertz CT molecular complexity index is 529. The number of allylic oxidation sites excluding steroid dienone is 1. The number of benzene rings is 1. The first-order chi connectivity index (χ1) is 10.5. The van der Waals surface area contributed by atoms with Gasteiger partial charge in [0.15, 0.2) is 0 Å². The number of esters is 1. The Morgan fingerprint density at radius 2 is 1.64 bits per heavy atom. The fourth-order valence-electron chi connectivity index (χ4n) is 1.93. The fourth-order valence-corrected chi connectivity index (χ4v) is 3.66. The molecule has 122 valence electrons. The molecule has 0 aromatic heterocycles. The average molecular weight is 326 g/mol. The summed E-state index contributed by atoms with van der Waals surface area (Å²) in [5.41, 5.74) is 1.36. The normalized spacial score (nSPS) is 12.2. The Labute approximate surface area is 131 Å². The Balaban J connectivity index is 3.10. The Morgan fingerprint density at radius 1 is 1.05 bits per heavy atom. The maximum Gasteiger partial charge on any atom is 0.335 e. The second-order valence-corrected chi connectivity index (χ2v) is 6.45. The van der Waals surface area contributed by atoms with E-state index in [1.54, 1.807) is 20.8 Å². The molecule has 0 aliphatic rings. The van der Waals surface area contributed by atoms with Crippen LogP contribution in [0, 0.1) is 0 Å². The van der Waals surface area contributed by atoms with Gasteiger partial charge in [0.25, 0.3) is 0 Å². The molecular formula is C16H23O5P. The van der Waals surface area contributed by atoms with Crippen LogP contribution < -0.4 is 0 Å². The van der Waals surface area contributed by atoms with Crippen molar-refractivity contribution < 1.29 is 23.1 Å². The van der Waals surface area contributed by atoms with Gasteiger partial charge in [-0.3, -0.25) is 4.57 Å². The highest BCUT2D eigenvalue weighted by Crippen LogP contribution is 2.51. The van der Waals surface area contributed by atoms with E-state index in [4.69, 9.17) is 13.8 Å². The summed E-state index contributed by atoms with van der Waals surface area (Å²) in [6.45, 7) is 6.08. The van der Waals surface area contributed by atoms with Crippen LogP contribution in [0.3, 0.4) is 0 Å². The molecule has 6 heteroatoms. The molecule has 0 unspecified atom stereocenters. The van der Waals surface area contributed by atoms with Gasteiger partial charge in [-0.2, -0.15) is 0 Å². The van der Waals surface area contributed by atoms with Crippen molar-refractivity contribution in [3.8, 4) is 0 Å². The maximum atomic E-state index is 12.7. The van der Waals surface area contributed by atoms with Gasteiger partial charge in [0, 0.05) is 6.08 Å². The molecular weight excluding hydrogens is 303 g/mol. The van der Waals surface area contributed by atoms with Gasteiger partial charge in [-0.05, 0) is 31.9 Å². The molecule has 0 spiro atoms. The molecule has 0 N–H and O–H groups in total. The predicted octanol–water partition coefficient (Wildman–Crippen LogP) is 3.90. The molecule has 1 aromatic rings. The standard InChI is InChI=1S/C16H23O5P/c1-4-19-16(17)12-15(14-10-8-7-9-11-14)13-22(18,20-5-2)21-6-3/h7-12H,4-6,13H2,1-3H3. The van der Waals surface area contributed by atoms with Crippen molar-refractivity contribution in [2.75, 3.05) is 26.0 Å². The van der Waals surface area contributed by atoms with E-state index < -0.39 is 13.6 Å². The largest absolute Gasteiger partial charge is 0.463 e. The lowest BCUT2D eigenvalue weighted by atomic mass is 10.1. The molecule has 0 saturated carbocycles. The van der Waals surface area contributed by atoms with Crippen LogP contribution in [0.4, 0.5) is 0 Å². The van der Waals surface area contributed by atoms with Crippen molar-refractivity contribution in [3.63, 3.8) is 0 Å². The number of hydrogen-bond donors (Lipinski definition) is 0. The molecule has 0 aliphatic carbocycles. The summed E-state index contributed by atoms with van der Waals surface area (Å²) in [4.78, 5) is 11.8. The summed E-state index contributed by atoms with van der Waals surface area (Å²) in [5.74, 6) is -0.471. The van der Waals surface area contributed by atoms with Gasteiger partial charge in [0.1, 0.15) is 0 Å². The van der Waals surface area contributed by atoms with Gasteiger partial charge in [0.2, 0.25) is 0 Å². The fraction of sp³-hybridized carbons (Fsp3) is 0.438. The van der Waals surface area contributed by atoms with E-state index >= 15 is 0 Å². The van der Waals surface area contributed by atoms with E-state index in [1.165, 1.54) is 6.08 Å². The number of carbonyl (C=O) groups is 1. The van der Waals surface area contributed by atoms with Gasteiger partial charge < -0.3 is 13.8 Å². The SMILES string of the molecule is CCOC(=O)C=C(CP(=O)(OCC)OCC)c1ccccc1. The minimum absolute atomic E-state index is 0.0253. The number of rotatable bonds is 9. The molecule has 0 radical (unpaired) electrons. The van der Waals surface area contributed by atoms with Gasteiger partial charge in [-0.1, -0.05) is 30.3 Å². The first-order valence-electron chi connectivity index (χ1n) is 7.35.